The van der Waals surface area contributed by atoms with E-state index in [0.29, 0.717) is 11.3 Å². The highest BCUT2D eigenvalue weighted by Crippen LogP contribution is 2.31. The molecule has 0 heterocycles. The molecule has 0 aliphatic heterocycles. The number of nitrogens with zero attached hydrogens (tertiary/aromatic N) is 1. The van der Waals surface area contributed by atoms with Gasteiger partial charge in [-0.1, -0.05) is 42.4 Å². The minimum Gasteiger partial charge on any atom is -0.456 e. The Kier molecular flexibility index (Phi) is 4.25. The highest BCUT2D eigenvalue weighted by atomic mass is 16.5. The van der Waals surface area contributed by atoms with Gasteiger partial charge in [-0.25, -0.2) is 0 Å². The number of hydrogen-bond donors (Lipinski definition) is 2. The lowest BCUT2D eigenvalue weighted by Crippen LogP contribution is -2.14. The second kappa shape index (κ2) is 6.10. The van der Waals surface area contributed by atoms with Crippen molar-refractivity contribution >= 4 is 5.84 Å². The largest absolute Gasteiger partial charge is 0.456 e. The first-order valence-corrected chi connectivity index (χ1v) is 6.50. The number of nitrogens with two attached hydrogens (primary N) is 1. The molecule has 0 spiro atoms. The number of oxime groups is 1. The average Bonchev–Trinajstić information content (AvgIpc) is 2.49. The SMILES string of the molecule is CCc1ccccc1Oc1c(C)cccc1/C(N)=N/O. The van der Waals surface area contributed by atoms with E-state index in [1.165, 1.54) is 0 Å². The van der Waals surface area contributed by atoms with Crippen molar-refractivity contribution in [3.05, 3.63) is 59.2 Å². The maximum Gasteiger partial charge on any atom is 0.173 e. The van der Waals surface area contributed by atoms with Crippen LogP contribution >= 0.6 is 0 Å². The van der Waals surface area contributed by atoms with Crippen molar-refractivity contribution in [2.45, 2.75) is 20.3 Å². The quantitative estimate of drug-likeness (QED) is 0.387. The van der Waals surface area contributed by atoms with Crippen LogP contribution in [-0.2, 0) is 6.42 Å². The third-order valence-corrected chi connectivity index (χ3v) is 3.16. The monoisotopic (exact) mass is 270 g/mol. The lowest BCUT2D eigenvalue weighted by Gasteiger charge is -2.15. The Hall–Kier alpha value is -2.49. The van der Waals surface area contributed by atoms with Crippen LogP contribution in [0.1, 0.15) is 23.6 Å². The summed E-state index contributed by atoms with van der Waals surface area (Å²) in [5.74, 6) is 1.44. The molecule has 0 aromatic heterocycles. The Bertz CT molecular complexity index is 636. The molecule has 0 saturated carbocycles. The summed E-state index contributed by atoms with van der Waals surface area (Å²) in [4.78, 5) is 0. The molecular formula is C16H18N2O2. The van der Waals surface area contributed by atoms with E-state index in [1.807, 2.05) is 43.3 Å². The minimum atomic E-state index is 0.0395. The first kappa shape index (κ1) is 13.9. The zero-order valence-corrected chi connectivity index (χ0v) is 11.6. The summed E-state index contributed by atoms with van der Waals surface area (Å²) < 4.78 is 6.01. The third-order valence-electron chi connectivity index (χ3n) is 3.16. The van der Waals surface area contributed by atoms with Crippen molar-refractivity contribution in [1.29, 1.82) is 0 Å². The van der Waals surface area contributed by atoms with E-state index in [0.717, 1.165) is 23.3 Å². The normalized spacial score (nSPS) is 11.4. The maximum absolute atomic E-state index is 8.88. The Morgan fingerprint density at radius 3 is 2.65 bits per heavy atom. The van der Waals surface area contributed by atoms with Gasteiger partial charge >= 0.3 is 0 Å². The van der Waals surface area contributed by atoms with Gasteiger partial charge < -0.3 is 15.7 Å². The summed E-state index contributed by atoms with van der Waals surface area (Å²) >= 11 is 0. The average molecular weight is 270 g/mol. The summed E-state index contributed by atoms with van der Waals surface area (Å²) in [6.07, 6.45) is 0.876. The summed E-state index contributed by atoms with van der Waals surface area (Å²) in [5.41, 5.74) is 8.33. The molecule has 0 fully saturated rings. The van der Waals surface area contributed by atoms with Crippen molar-refractivity contribution < 1.29 is 9.94 Å². The fourth-order valence-electron chi connectivity index (χ4n) is 2.05. The van der Waals surface area contributed by atoms with Gasteiger partial charge in [0.05, 0.1) is 5.56 Å². The van der Waals surface area contributed by atoms with Gasteiger partial charge in [-0.15, -0.1) is 0 Å². The molecule has 0 aliphatic carbocycles. The van der Waals surface area contributed by atoms with Crippen molar-refractivity contribution in [3.63, 3.8) is 0 Å². The van der Waals surface area contributed by atoms with E-state index in [-0.39, 0.29) is 5.84 Å². The summed E-state index contributed by atoms with van der Waals surface area (Å²) in [6, 6.07) is 13.4. The van der Waals surface area contributed by atoms with Gasteiger partial charge in [-0.2, -0.15) is 0 Å². The van der Waals surface area contributed by atoms with Crippen molar-refractivity contribution in [3.8, 4) is 11.5 Å². The van der Waals surface area contributed by atoms with Crippen LogP contribution in [0.15, 0.2) is 47.6 Å². The van der Waals surface area contributed by atoms with E-state index < -0.39 is 0 Å². The molecule has 2 aromatic rings. The molecule has 4 nitrogen and oxygen atoms in total. The first-order valence-electron chi connectivity index (χ1n) is 6.50. The highest BCUT2D eigenvalue weighted by molar-refractivity contribution is 6.00. The van der Waals surface area contributed by atoms with Crippen LogP contribution < -0.4 is 10.5 Å². The van der Waals surface area contributed by atoms with Crippen molar-refractivity contribution in [2.75, 3.05) is 0 Å². The van der Waals surface area contributed by atoms with Crippen molar-refractivity contribution in [1.82, 2.24) is 0 Å². The minimum absolute atomic E-state index is 0.0395. The van der Waals surface area contributed by atoms with Crippen LogP contribution in [0.5, 0.6) is 11.5 Å². The Morgan fingerprint density at radius 2 is 1.95 bits per heavy atom. The van der Waals surface area contributed by atoms with E-state index in [2.05, 4.69) is 12.1 Å². The van der Waals surface area contributed by atoms with Gasteiger partial charge in [0, 0.05) is 0 Å². The second-order valence-corrected chi connectivity index (χ2v) is 4.50. The first-order chi connectivity index (χ1) is 9.67. The predicted octanol–water partition coefficient (Wildman–Crippen LogP) is 3.44. The van der Waals surface area contributed by atoms with Crippen LogP contribution in [0.2, 0.25) is 0 Å². The van der Waals surface area contributed by atoms with Crippen LogP contribution in [0.4, 0.5) is 0 Å². The van der Waals surface area contributed by atoms with Crippen LogP contribution in [0.25, 0.3) is 0 Å². The van der Waals surface area contributed by atoms with Gasteiger partial charge in [-0.05, 0) is 36.6 Å². The van der Waals surface area contributed by atoms with Crippen LogP contribution in [0, 0.1) is 6.92 Å². The molecule has 0 atom stereocenters. The lowest BCUT2D eigenvalue weighted by atomic mass is 10.1. The number of aryl methyl sites for hydroxylation is 2. The third kappa shape index (κ3) is 2.74. The standard InChI is InChI=1S/C16H18N2O2/c1-3-12-8-4-5-10-14(12)20-15-11(2)7-6-9-13(15)16(17)18-19/h4-10,19H,3H2,1-2H3,(H2,17,18). The summed E-state index contributed by atoms with van der Waals surface area (Å²) in [6.45, 7) is 4.00. The zero-order valence-electron chi connectivity index (χ0n) is 11.6. The van der Waals surface area contributed by atoms with Gasteiger partial charge in [0.1, 0.15) is 11.5 Å². The molecule has 2 aromatic carbocycles. The van der Waals surface area contributed by atoms with E-state index in [1.54, 1.807) is 6.07 Å². The van der Waals surface area contributed by atoms with Gasteiger partial charge in [0.2, 0.25) is 0 Å². The molecule has 0 saturated heterocycles. The highest BCUT2D eigenvalue weighted by Gasteiger charge is 2.13. The van der Waals surface area contributed by atoms with Crippen molar-refractivity contribution in [2.24, 2.45) is 10.9 Å². The molecule has 0 amide bonds. The molecule has 0 aliphatic rings. The van der Waals surface area contributed by atoms with Gasteiger partial charge in [0.15, 0.2) is 5.84 Å². The number of amidine groups is 1. The number of para-hydroxylation sites is 2. The fraction of sp³-hybridized carbons (Fsp3) is 0.188. The number of hydrogen-bond acceptors (Lipinski definition) is 3. The molecule has 2 rings (SSSR count). The molecule has 0 radical (unpaired) electrons. The Morgan fingerprint density at radius 1 is 1.20 bits per heavy atom. The molecule has 104 valence electrons. The smallest absolute Gasteiger partial charge is 0.173 e. The zero-order chi connectivity index (χ0) is 14.5. The fourth-order valence-corrected chi connectivity index (χ4v) is 2.05. The number of ether oxygens (including phenoxy) is 1. The second-order valence-electron chi connectivity index (χ2n) is 4.50. The molecule has 0 bridgehead atoms. The molecule has 0 unspecified atom stereocenters. The van der Waals surface area contributed by atoms with Crippen LogP contribution in [-0.4, -0.2) is 11.0 Å². The summed E-state index contributed by atoms with van der Waals surface area (Å²) in [5, 5.41) is 11.9. The lowest BCUT2D eigenvalue weighted by molar-refractivity contribution is 0.318. The van der Waals surface area contributed by atoms with E-state index in [4.69, 9.17) is 15.7 Å². The van der Waals surface area contributed by atoms with E-state index in [9.17, 15) is 0 Å². The maximum atomic E-state index is 8.88. The number of benzene rings is 2. The summed E-state index contributed by atoms with van der Waals surface area (Å²) in [7, 11) is 0. The van der Waals surface area contributed by atoms with Crippen LogP contribution in [0.3, 0.4) is 0 Å². The van der Waals surface area contributed by atoms with E-state index >= 15 is 0 Å². The molecule has 4 heteroatoms. The molecule has 3 N–H and O–H groups in total. The Labute approximate surface area is 118 Å². The predicted molar refractivity (Wildman–Crippen MR) is 79.6 cm³/mol. The topological polar surface area (TPSA) is 67.8 Å². The van der Waals surface area contributed by atoms with Gasteiger partial charge in [-0.3, -0.25) is 0 Å². The van der Waals surface area contributed by atoms with Gasteiger partial charge in [0.25, 0.3) is 0 Å². The molecular weight excluding hydrogens is 252 g/mol. The molecule has 20 heavy (non-hydrogen) atoms. The number of rotatable bonds is 4. The Balaban J connectivity index is 2.48.